The van der Waals surface area contributed by atoms with Gasteiger partial charge in [0, 0.05) is 19.2 Å². The number of carbonyl (C=O) groups is 1. The Labute approximate surface area is 62.0 Å². The quantitative estimate of drug-likeness (QED) is 0.453. The molecule has 44 valence electrons. The molecule has 0 bridgehead atoms. The van der Waals surface area contributed by atoms with E-state index in [1.807, 2.05) is 3.11 Å². The van der Waals surface area contributed by atoms with Crippen LogP contribution in [0, 0.1) is 0 Å². The van der Waals surface area contributed by atoms with E-state index in [-0.39, 0.29) is 5.78 Å². The predicted octanol–water partition coefficient (Wildman–Crippen LogP) is 1.12. The monoisotopic (exact) mass is 223 g/mol. The van der Waals surface area contributed by atoms with Gasteiger partial charge in [0.25, 0.3) is 0 Å². The van der Waals surface area contributed by atoms with Gasteiger partial charge in [-0.05, 0) is 6.08 Å². The maximum absolute atomic E-state index is 10.5. The molecule has 0 spiro atoms. The molecule has 0 atom stereocenters. The minimum Gasteiger partial charge on any atom is -0.321 e. The second-order valence-corrected chi connectivity index (χ2v) is 2.89. The number of ketones is 1. The highest BCUT2D eigenvalue weighted by molar-refractivity contribution is 14.1. The number of carbonyl (C=O) groups excluding carboxylic acids is 1. The van der Waals surface area contributed by atoms with Crippen LogP contribution in [-0.4, -0.2) is 15.4 Å². The summed E-state index contributed by atoms with van der Waals surface area (Å²) < 4.78 is 1.97. The van der Waals surface area contributed by atoms with E-state index in [9.17, 15) is 4.79 Å². The van der Waals surface area contributed by atoms with E-state index in [1.54, 1.807) is 12.3 Å². The molecule has 1 heterocycles. The van der Waals surface area contributed by atoms with Crippen LogP contribution in [-0.2, 0) is 4.79 Å². The van der Waals surface area contributed by atoms with Crippen LogP contribution in [0.2, 0.25) is 0 Å². The molecule has 0 saturated heterocycles. The van der Waals surface area contributed by atoms with Crippen molar-refractivity contribution in [2.24, 2.45) is 0 Å². The van der Waals surface area contributed by atoms with E-state index in [4.69, 9.17) is 0 Å². The summed E-state index contributed by atoms with van der Waals surface area (Å²) in [5, 5.41) is 0. The summed E-state index contributed by atoms with van der Waals surface area (Å²) in [6.07, 6.45) is 4.07. The number of hydrogen-bond acceptors (Lipinski definition) is 2. The first kappa shape index (κ1) is 6.07. The lowest BCUT2D eigenvalue weighted by Gasteiger charge is -2.12. The third kappa shape index (κ3) is 1.47. The average Bonchev–Trinajstić information content (AvgIpc) is 1.77. The van der Waals surface area contributed by atoms with Gasteiger partial charge in [0.1, 0.15) is 0 Å². The van der Waals surface area contributed by atoms with E-state index in [1.165, 1.54) is 0 Å². The zero-order valence-corrected chi connectivity index (χ0v) is 6.46. The summed E-state index contributed by atoms with van der Waals surface area (Å²) in [6.45, 7) is 0.857. The molecule has 8 heavy (non-hydrogen) atoms. The molecule has 1 aliphatic heterocycles. The molecule has 0 saturated carbocycles. The topological polar surface area (TPSA) is 20.3 Å². The molecule has 2 nitrogen and oxygen atoms in total. The second kappa shape index (κ2) is 2.48. The summed E-state index contributed by atoms with van der Waals surface area (Å²) in [5.74, 6) is 0.234. The van der Waals surface area contributed by atoms with Gasteiger partial charge in [0.05, 0.1) is 22.9 Å². The van der Waals surface area contributed by atoms with E-state index < -0.39 is 0 Å². The number of hydrogen-bond donors (Lipinski definition) is 0. The Bertz CT molecular complexity index is 132. The summed E-state index contributed by atoms with van der Waals surface area (Å²) in [6, 6.07) is 0. The molecule has 0 aromatic carbocycles. The first-order valence-corrected chi connectivity index (χ1v) is 3.39. The van der Waals surface area contributed by atoms with Crippen LogP contribution >= 0.6 is 22.9 Å². The van der Waals surface area contributed by atoms with Gasteiger partial charge < -0.3 is 3.11 Å². The Morgan fingerprint density at radius 2 is 2.50 bits per heavy atom. The number of allylic oxidation sites excluding steroid dienone is 1. The molecule has 1 rings (SSSR count). The molecule has 0 aromatic rings. The van der Waals surface area contributed by atoms with Crippen molar-refractivity contribution in [2.75, 3.05) is 6.54 Å². The molecule has 0 aromatic heterocycles. The van der Waals surface area contributed by atoms with Crippen molar-refractivity contribution in [3.05, 3.63) is 12.3 Å². The van der Waals surface area contributed by atoms with Crippen LogP contribution in [0.3, 0.4) is 0 Å². The standard InChI is InChI=1S/C5H6INO/c6-7-3-1-5(8)2-4-7/h1,3H,2,4H2. The molecule has 0 N–H and O–H groups in total. The van der Waals surface area contributed by atoms with Gasteiger partial charge in [-0.15, -0.1) is 0 Å². The van der Waals surface area contributed by atoms with Crippen molar-refractivity contribution in [3.63, 3.8) is 0 Å². The highest BCUT2D eigenvalue weighted by Gasteiger charge is 2.04. The lowest BCUT2D eigenvalue weighted by molar-refractivity contribution is -0.115. The van der Waals surface area contributed by atoms with Gasteiger partial charge in [-0.1, -0.05) is 0 Å². The number of halogens is 1. The molecule has 0 fully saturated rings. The van der Waals surface area contributed by atoms with Crippen LogP contribution in [0.25, 0.3) is 0 Å². The van der Waals surface area contributed by atoms with E-state index in [0.29, 0.717) is 6.42 Å². The third-order valence-corrected chi connectivity index (χ3v) is 1.80. The fourth-order valence-electron chi connectivity index (χ4n) is 0.539. The average molecular weight is 223 g/mol. The molecular weight excluding hydrogens is 217 g/mol. The van der Waals surface area contributed by atoms with E-state index >= 15 is 0 Å². The van der Waals surface area contributed by atoms with Gasteiger partial charge in [-0.25, -0.2) is 0 Å². The van der Waals surface area contributed by atoms with Crippen LogP contribution < -0.4 is 0 Å². The molecule has 0 amide bonds. The van der Waals surface area contributed by atoms with Gasteiger partial charge in [-0.3, -0.25) is 4.79 Å². The first-order valence-electron chi connectivity index (χ1n) is 2.42. The fourth-order valence-corrected chi connectivity index (χ4v) is 0.941. The van der Waals surface area contributed by atoms with E-state index in [0.717, 1.165) is 6.54 Å². The lowest BCUT2D eigenvalue weighted by Crippen LogP contribution is -2.14. The highest BCUT2D eigenvalue weighted by atomic mass is 127. The van der Waals surface area contributed by atoms with Gasteiger partial charge in [0.2, 0.25) is 0 Å². The molecule has 0 radical (unpaired) electrons. The second-order valence-electron chi connectivity index (χ2n) is 1.66. The van der Waals surface area contributed by atoms with E-state index in [2.05, 4.69) is 22.9 Å². The smallest absolute Gasteiger partial charge is 0.158 e. The van der Waals surface area contributed by atoms with Crippen molar-refractivity contribution < 1.29 is 4.79 Å². The number of nitrogens with zero attached hydrogens (tertiary/aromatic N) is 1. The summed E-state index contributed by atoms with van der Waals surface area (Å²) in [5.41, 5.74) is 0. The first-order chi connectivity index (χ1) is 3.79. The molecule has 0 unspecified atom stereocenters. The summed E-state index contributed by atoms with van der Waals surface area (Å²) >= 11 is 2.16. The number of rotatable bonds is 0. The Kier molecular flexibility index (Phi) is 1.88. The Morgan fingerprint density at radius 3 is 2.88 bits per heavy atom. The van der Waals surface area contributed by atoms with Crippen LogP contribution in [0.15, 0.2) is 12.3 Å². The van der Waals surface area contributed by atoms with Gasteiger partial charge in [0.15, 0.2) is 5.78 Å². The molecule has 1 aliphatic rings. The normalized spacial score (nSPS) is 19.6. The molecule has 0 aliphatic carbocycles. The van der Waals surface area contributed by atoms with Crippen molar-refractivity contribution in [1.82, 2.24) is 3.11 Å². The Morgan fingerprint density at radius 1 is 1.75 bits per heavy atom. The molecule has 3 heteroatoms. The van der Waals surface area contributed by atoms with Crippen LogP contribution in [0.1, 0.15) is 6.42 Å². The lowest BCUT2D eigenvalue weighted by atomic mass is 10.2. The van der Waals surface area contributed by atoms with Gasteiger partial charge in [-0.2, -0.15) is 0 Å². The largest absolute Gasteiger partial charge is 0.321 e. The third-order valence-electron chi connectivity index (χ3n) is 0.994. The minimum atomic E-state index is 0.234. The van der Waals surface area contributed by atoms with Crippen molar-refractivity contribution in [1.29, 1.82) is 0 Å². The maximum atomic E-state index is 10.5. The Hall–Kier alpha value is -0.0600. The zero-order valence-electron chi connectivity index (χ0n) is 4.30. The predicted molar refractivity (Wildman–Crippen MR) is 39.5 cm³/mol. The van der Waals surface area contributed by atoms with Crippen LogP contribution in [0.5, 0.6) is 0 Å². The molecular formula is C5H6INO. The van der Waals surface area contributed by atoms with Crippen molar-refractivity contribution in [2.45, 2.75) is 6.42 Å². The van der Waals surface area contributed by atoms with Gasteiger partial charge >= 0.3 is 0 Å². The highest BCUT2D eigenvalue weighted by Crippen LogP contribution is 2.06. The maximum Gasteiger partial charge on any atom is 0.158 e. The summed E-state index contributed by atoms with van der Waals surface area (Å²) in [7, 11) is 0. The van der Waals surface area contributed by atoms with Crippen LogP contribution in [0.4, 0.5) is 0 Å². The minimum absolute atomic E-state index is 0.234. The van der Waals surface area contributed by atoms with Crippen molar-refractivity contribution >= 4 is 28.6 Å². The zero-order chi connectivity index (χ0) is 5.98. The van der Waals surface area contributed by atoms with Crippen molar-refractivity contribution in [3.8, 4) is 0 Å². The SMILES string of the molecule is O=C1C=CN(I)CC1. The fraction of sp³-hybridized carbons (Fsp3) is 0.400. The Balaban J connectivity index is 2.55. The summed E-state index contributed by atoms with van der Waals surface area (Å²) in [4.78, 5) is 10.5.